The predicted octanol–water partition coefficient (Wildman–Crippen LogP) is 0.771. The third-order valence-electron chi connectivity index (χ3n) is 2.36. The van der Waals surface area contributed by atoms with Gasteiger partial charge in [-0.15, -0.1) is 0 Å². The molecular formula is C12H11BrN4O4. The minimum absolute atomic E-state index is 0.196. The van der Waals surface area contributed by atoms with Crippen LogP contribution in [0.15, 0.2) is 22.7 Å². The van der Waals surface area contributed by atoms with Gasteiger partial charge in [-0.25, -0.2) is 9.59 Å². The summed E-state index contributed by atoms with van der Waals surface area (Å²) in [6, 6.07) is 4.16. The van der Waals surface area contributed by atoms with Gasteiger partial charge in [-0.3, -0.25) is 4.79 Å². The van der Waals surface area contributed by atoms with Gasteiger partial charge in [0.25, 0.3) is 0 Å². The number of carboxylic acid groups (broad SMARTS) is 1. The zero-order valence-electron chi connectivity index (χ0n) is 10.6. The lowest BCUT2D eigenvalue weighted by Gasteiger charge is -2.14. The van der Waals surface area contributed by atoms with Crippen molar-refractivity contribution in [1.29, 1.82) is 5.26 Å². The summed E-state index contributed by atoms with van der Waals surface area (Å²) in [5.74, 6) is -2.25. The summed E-state index contributed by atoms with van der Waals surface area (Å²) in [6.45, 7) is 0. The first-order chi connectivity index (χ1) is 9.83. The summed E-state index contributed by atoms with van der Waals surface area (Å²) in [6.07, 6.45) is -0.534. The predicted molar refractivity (Wildman–Crippen MR) is 76.2 cm³/mol. The second kappa shape index (κ2) is 7.25. The molecule has 1 aromatic rings. The maximum absolute atomic E-state index is 11.7. The van der Waals surface area contributed by atoms with Crippen LogP contribution in [0.2, 0.25) is 0 Å². The van der Waals surface area contributed by atoms with Crippen LogP contribution in [0.1, 0.15) is 12.0 Å². The molecule has 5 N–H and O–H groups in total. The van der Waals surface area contributed by atoms with Crippen molar-refractivity contribution < 1.29 is 19.5 Å². The smallest absolute Gasteiger partial charge is 0.326 e. The average Bonchev–Trinajstić information content (AvgIpc) is 2.39. The Bertz CT molecular complexity index is 626. The van der Waals surface area contributed by atoms with Gasteiger partial charge in [0.05, 0.1) is 17.7 Å². The van der Waals surface area contributed by atoms with E-state index in [1.54, 1.807) is 6.07 Å². The topological polar surface area (TPSA) is 145 Å². The summed E-state index contributed by atoms with van der Waals surface area (Å²) in [5.41, 5.74) is 5.30. The van der Waals surface area contributed by atoms with Crippen molar-refractivity contribution in [3.8, 4) is 6.07 Å². The van der Waals surface area contributed by atoms with Gasteiger partial charge in [-0.2, -0.15) is 5.26 Å². The van der Waals surface area contributed by atoms with E-state index in [4.69, 9.17) is 16.1 Å². The monoisotopic (exact) mass is 354 g/mol. The van der Waals surface area contributed by atoms with Crippen LogP contribution < -0.4 is 16.4 Å². The quantitative estimate of drug-likeness (QED) is 0.616. The van der Waals surface area contributed by atoms with Crippen molar-refractivity contribution in [2.24, 2.45) is 5.73 Å². The number of hydrogen-bond acceptors (Lipinski definition) is 4. The number of anilines is 1. The second-order valence-corrected chi connectivity index (χ2v) is 4.88. The van der Waals surface area contributed by atoms with Crippen molar-refractivity contribution in [2.75, 3.05) is 5.32 Å². The normalized spacial score (nSPS) is 11.0. The van der Waals surface area contributed by atoms with Crippen LogP contribution in [0.3, 0.4) is 0 Å². The van der Waals surface area contributed by atoms with Crippen molar-refractivity contribution in [3.05, 3.63) is 28.2 Å². The molecule has 0 radical (unpaired) electrons. The Kier molecular flexibility index (Phi) is 5.68. The van der Waals surface area contributed by atoms with E-state index in [0.29, 0.717) is 4.47 Å². The zero-order valence-corrected chi connectivity index (χ0v) is 12.2. The minimum atomic E-state index is -1.44. The van der Waals surface area contributed by atoms with E-state index in [-0.39, 0.29) is 11.3 Å². The van der Waals surface area contributed by atoms with Gasteiger partial charge in [0.1, 0.15) is 12.1 Å². The maximum Gasteiger partial charge on any atom is 0.326 e. The number of nitrogens with zero attached hydrogens (tertiary/aromatic N) is 1. The number of benzene rings is 1. The molecule has 8 nitrogen and oxygen atoms in total. The lowest BCUT2D eigenvalue weighted by atomic mass is 10.2. The van der Waals surface area contributed by atoms with Crippen LogP contribution >= 0.6 is 15.9 Å². The van der Waals surface area contributed by atoms with Gasteiger partial charge in [-0.1, -0.05) is 15.9 Å². The molecule has 3 amide bonds. The summed E-state index contributed by atoms with van der Waals surface area (Å²) in [4.78, 5) is 33.3. The Morgan fingerprint density at radius 3 is 2.62 bits per heavy atom. The lowest BCUT2D eigenvalue weighted by molar-refractivity contribution is -0.140. The Morgan fingerprint density at radius 2 is 2.10 bits per heavy atom. The average molecular weight is 355 g/mol. The summed E-state index contributed by atoms with van der Waals surface area (Å²) in [5, 5.41) is 22.2. The highest BCUT2D eigenvalue weighted by atomic mass is 79.9. The largest absolute Gasteiger partial charge is 0.480 e. The van der Waals surface area contributed by atoms with Gasteiger partial charge in [0.15, 0.2) is 0 Å². The molecule has 0 spiro atoms. The number of nitrogens with one attached hydrogen (secondary N) is 2. The molecule has 0 bridgehead atoms. The number of rotatable bonds is 5. The molecule has 1 rings (SSSR count). The fourth-order valence-corrected chi connectivity index (χ4v) is 1.80. The number of halogens is 1. The van der Waals surface area contributed by atoms with Crippen molar-refractivity contribution >= 4 is 39.5 Å². The van der Waals surface area contributed by atoms with Crippen LogP contribution in [0.25, 0.3) is 0 Å². The molecule has 0 saturated heterocycles. The maximum atomic E-state index is 11.7. The van der Waals surface area contributed by atoms with Gasteiger partial charge >= 0.3 is 12.0 Å². The number of amides is 3. The molecule has 1 unspecified atom stereocenters. The fraction of sp³-hybridized carbons (Fsp3) is 0.167. The van der Waals surface area contributed by atoms with Crippen molar-refractivity contribution in [2.45, 2.75) is 12.5 Å². The van der Waals surface area contributed by atoms with E-state index < -0.39 is 30.4 Å². The molecule has 0 aliphatic rings. The van der Waals surface area contributed by atoms with E-state index >= 15 is 0 Å². The van der Waals surface area contributed by atoms with Crippen LogP contribution in [-0.2, 0) is 9.59 Å². The number of hydrogen-bond donors (Lipinski definition) is 4. The summed E-state index contributed by atoms with van der Waals surface area (Å²) < 4.78 is 0.655. The molecular weight excluding hydrogens is 344 g/mol. The summed E-state index contributed by atoms with van der Waals surface area (Å²) in [7, 11) is 0. The van der Waals surface area contributed by atoms with Crippen molar-refractivity contribution in [1.82, 2.24) is 5.32 Å². The van der Waals surface area contributed by atoms with E-state index in [1.807, 2.05) is 6.07 Å². The number of nitrogens with two attached hydrogens (primary N) is 1. The number of carbonyl (C=O) groups is 3. The Balaban J connectivity index is 2.79. The lowest BCUT2D eigenvalue weighted by Crippen LogP contribution is -2.45. The number of carbonyl (C=O) groups excluding carboxylic acids is 2. The molecule has 21 heavy (non-hydrogen) atoms. The minimum Gasteiger partial charge on any atom is -0.480 e. The van der Waals surface area contributed by atoms with E-state index in [1.165, 1.54) is 12.1 Å². The van der Waals surface area contributed by atoms with Gasteiger partial charge in [0, 0.05) is 4.47 Å². The van der Waals surface area contributed by atoms with Gasteiger partial charge in [-0.05, 0) is 18.2 Å². The molecule has 110 valence electrons. The third kappa shape index (κ3) is 5.12. The Labute approximate surface area is 128 Å². The standard InChI is InChI=1S/C12H11BrN4O4/c13-7-1-2-8(6(3-7)5-14)16-12(21)17-9(11(19)20)4-10(15)18/h1-3,9H,4H2,(H2,15,18)(H,19,20)(H2,16,17,21). The first-order valence-corrected chi connectivity index (χ1v) is 6.41. The number of primary amides is 1. The molecule has 0 saturated carbocycles. The van der Waals surface area contributed by atoms with Gasteiger partial charge in [0.2, 0.25) is 5.91 Å². The number of carboxylic acids is 1. The molecule has 0 fully saturated rings. The van der Waals surface area contributed by atoms with Crippen LogP contribution in [0, 0.1) is 11.3 Å². The van der Waals surface area contributed by atoms with Crippen molar-refractivity contribution in [3.63, 3.8) is 0 Å². The van der Waals surface area contributed by atoms with E-state index in [0.717, 1.165) is 0 Å². The van der Waals surface area contributed by atoms with Gasteiger partial charge < -0.3 is 21.5 Å². The zero-order chi connectivity index (χ0) is 16.0. The highest BCUT2D eigenvalue weighted by Crippen LogP contribution is 2.20. The molecule has 0 aromatic heterocycles. The highest BCUT2D eigenvalue weighted by molar-refractivity contribution is 9.10. The van der Waals surface area contributed by atoms with E-state index in [2.05, 4.69) is 26.6 Å². The van der Waals surface area contributed by atoms with Crippen LogP contribution in [0.5, 0.6) is 0 Å². The first-order valence-electron chi connectivity index (χ1n) is 5.61. The number of aliphatic carboxylic acids is 1. The number of nitriles is 1. The molecule has 1 atom stereocenters. The van der Waals surface area contributed by atoms with E-state index in [9.17, 15) is 14.4 Å². The third-order valence-corrected chi connectivity index (χ3v) is 2.85. The Morgan fingerprint density at radius 1 is 1.43 bits per heavy atom. The Hall–Kier alpha value is -2.60. The second-order valence-electron chi connectivity index (χ2n) is 3.96. The summed E-state index contributed by atoms with van der Waals surface area (Å²) >= 11 is 3.18. The van der Waals surface area contributed by atoms with Crippen LogP contribution in [-0.4, -0.2) is 29.1 Å². The molecule has 0 aliphatic carbocycles. The SMILES string of the molecule is N#Cc1cc(Br)ccc1NC(=O)NC(CC(N)=O)C(=O)O. The molecule has 0 aliphatic heterocycles. The first kappa shape index (κ1) is 16.5. The molecule has 1 aromatic carbocycles. The highest BCUT2D eigenvalue weighted by Gasteiger charge is 2.22. The molecule has 9 heteroatoms. The number of urea groups is 1. The molecule has 0 heterocycles. The van der Waals surface area contributed by atoms with Crippen LogP contribution in [0.4, 0.5) is 10.5 Å². The fourth-order valence-electron chi connectivity index (χ4n) is 1.44.